The summed E-state index contributed by atoms with van der Waals surface area (Å²) in [4.78, 5) is 15.5. The molecule has 2 aromatic heterocycles. The predicted octanol–water partition coefficient (Wildman–Crippen LogP) is 16.9. The Balaban J connectivity index is 1.04. The number of hydrogen-bond acceptors (Lipinski definition) is 4. The van der Waals surface area contributed by atoms with Gasteiger partial charge in [-0.3, -0.25) is 0 Å². The normalized spacial score (nSPS) is 11.7. The number of rotatable bonds is 6. The Hall–Kier alpha value is -8.31. The number of aromatic nitrogens is 3. The zero-order valence-corrected chi connectivity index (χ0v) is 35.9. The second-order valence-corrected chi connectivity index (χ2v) is 17.7. The van der Waals surface area contributed by atoms with Crippen molar-refractivity contribution in [2.45, 2.75) is 0 Å². The average molecular weight is 844 g/mol. The highest BCUT2D eigenvalue weighted by molar-refractivity contribution is 7.26. The predicted molar refractivity (Wildman–Crippen MR) is 275 cm³/mol. The fraction of sp³-hybridized carbons (Fsp3) is 0. The number of nitrogens with zero attached hydrogens (tertiary/aromatic N) is 3. The molecule has 0 aliphatic carbocycles. The lowest BCUT2D eigenvalue weighted by atomic mass is 9.85. The van der Waals surface area contributed by atoms with E-state index in [-0.39, 0.29) is 0 Å². The van der Waals surface area contributed by atoms with E-state index in [2.05, 4.69) is 188 Å². The third-order valence-corrected chi connectivity index (χ3v) is 14.0. The maximum atomic E-state index is 5.26. The van der Waals surface area contributed by atoms with Crippen molar-refractivity contribution in [3.8, 4) is 67.5 Å². The number of thiophene rings is 1. The van der Waals surface area contributed by atoms with E-state index in [1.54, 1.807) is 0 Å². The van der Waals surface area contributed by atoms with Crippen LogP contribution in [-0.2, 0) is 0 Å². The Kier molecular flexibility index (Phi) is 8.71. The molecular weight excluding hydrogens is 807 g/mol. The van der Waals surface area contributed by atoms with Crippen LogP contribution in [0.1, 0.15) is 0 Å². The van der Waals surface area contributed by atoms with Gasteiger partial charge in [0.05, 0.1) is 0 Å². The fourth-order valence-corrected chi connectivity index (χ4v) is 11.3. The molecule has 0 bridgehead atoms. The first kappa shape index (κ1) is 37.3. The van der Waals surface area contributed by atoms with E-state index in [0.717, 1.165) is 38.2 Å². The minimum absolute atomic E-state index is 0.647. The van der Waals surface area contributed by atoms with Gasteiger partial charge < -0.3 is 0 Å². The molecule has 302 valence electrons. The SMILES string of the molecule is c1ccc(-c2nc(-c3ccccc3)nc(-c3c4ccccc4c(-c4cccc5sc6cc(-c7c8ccccc8c(-c8ccccc8)c8ccccc78)ccc6c45)c4ccccc34)n2)cc1. The Morgan fingerprint density at radius 2 is 0.646 bits per heavy atom. The van der Waals surface area contributed by atoms with Gasteiger partial charge in [0.1, 0.15) is 0 Å². The molecule has 0 aliphatic heterocycles. The maximum absolute atomic E-state index is 5.26. The van der Waals surface area contributed by atoms with Gasteiger partial charge in [0.2, 0.25) is 0 Å². The molecule has 0 atom stereocenters. The van der Waals surface area contributed by atoms with E-state index in [0.29, 0.717) is 17.5 Å². The van der Waals surface area contributed by atoms with Crippen LogP contribution in [0, 0.1) is 0 Å². The standard InChI is InChI=1S/C61H37N3S/c1-4-19-38(20-5-1)54-42-25-10-12-27-44(42)55(45-28-13-11-26-43(45)54)41-35-36-50-53(37-41)65-52-34-18-33-51(57(50)52)56-46-29-14-16-31-48(46)58(49-32-17-15-30-47(49)56)61-63-59(39-21-6-2-7-22-39)62-60(64-61)40-23-8-3-9-24-40/h1-37H. The topological polar surface area (TPSA) is 38.7 Å². The second kappa shape index (κ2) is 15.2. The van der Waals surface area contributed by atoms with Crippen molar-refractivity contribution in [1.82, 2.24) is 15.0 Å². The van der Waals surface area contributed by atoms with Crippen LogP contribution in [-0.4, -0.2) is 15.0 Å². The smallest absolute Gasteiger partial charge is 0.165 e. The van der Waals surface area contributed by atoms with Crippen molar-refractivity contribution in [3.63, 3.8) is 0 Å². The highest BCUT2D eigenvalue weighted by Crippen LogP contribution is 2.49. The zero-order valence-electron chi connectivity index (χ0n) is 35.1. The van der Waals surface area contributed by atoms with Crippen LogP contribution >= 0.6 is 11.3 Å². The molecule has 0 N–H and O–H groups in total. The molecule has 0 aliphatic rings. The largest absolute Gasteiger partial charge is 0.208 e. The van der Waals surface area contributed by atoms with E-state index in [1.165, 1.54) is 75.1 Å². The quantitative estimate of drug-likeness (QED) is 0.157. The summed E-state index contributed by atoms with van der Waals surface area (Å²) in [5.41, 5.74) is 10.3. The van der Waals surface area contributed by atoms with Crippen LogP contribution in [0.3, 0.4) is 0 Å². The second-order valence-electron chi connectivity index (χ2n) is 16.6. The van der Waals surface area contributed by atoms with Crippen LogP contribution in [0.5, 0.6) is 0 Å². The average Bonchev–Trinajstić information content (AvgIpc) is 3.76. The first-order valence-electron chi connectivity index (χ1n) is 22.0. The lowest BCUT2D eigenvalue weighted by Crippen LogP contribution is -2.01. The highest BCUT2D eigenvalue weighted by atomic mass is 32.1. The third kappa shape index (κ3) is 6.07. The van der Waals surface area contributed by atoms with Crippen LogP contribution in [0.4, 0.5) is 0 Å². The highest BCUT2D eigenvalue weighted by Gasteiger charge is 2.23. The summed E-state index contributed by atoms with van der Waals surface area (Å²) in [5.74, 6) is 1.95. The van der Waals surface area contributed by atoms with Crippen molar-refractivity contribution in [2.24, 2.45) is 0 Å². The van der Waals surface area contributed by atoms with Gasteiger partial charge in [-0.25, -0.2) is 15.0 Å². The molecule has 0 radical (unpaired) electrons. The molecule has 0 unspecified atom stereocenters. The Morgan fingerprint density at radius 1 is 0.246 bits per heavy atom. The molecular formula is C61H37N3S. The van der Waals surface area contributed by atoms with Gasteiger partial charge in [0, 0.05) is 36.9 Å². The number of fused-ring (bicyclic) bond motifs is 7. The fourth-order valence-electron chi connectivity index (χ4n) is 10.1. The molecule has 0 fully saturated rings. The first-order valence-corrected chi connectivity index (χ1v) is 22.8. The van der Waals surface area contributed by atoms with Crippen LogP contribution in [0.2, 0.25) is 0 Å². The molecule has 0 saturated carbocycles. The monoisotopic (exact) mass is 843 g/mol. The molecule has 65 heavy (non-hydrogen) atoms. The van der Waals surface area contributed by atoms with Crippen LogP contribution in [0.15, 0.2) is 224 Å². The summed E-state index contributed by atoms with van der Waals surface area (Å²) in [6, 6.07) is 80.5. The number of hydrogen-bond donors (Lipinski definition) is 0. The summed E-state index contributed by atoms with van der Waals surface area (Å²) in [6.07, 6.45) is 0. The minimum atomic E-state index is 0.647. The summed E-state index contributed by atoms with van der Waals surface area (Å²) >= 11 is 1.87. The summed E-state index contributed by atoms with van der Waals surface area (Å²) in [5, 5.41) is 12.1. The van der Waals surface area contributed by atoms with E-state index in [4.69, 9.17) is 15.0 Å². The van der Waals surface area contributed by atoms with E-state index in [1.807, 2.05) is 47.7 Å². The van der Waals surface area contributed by atoms with Gasteiger partial charge in [0.25, 0.3) is 0 Å². The van der Waals surface area contributed by atoms with Gasteiger partial charge in [-0.1, -0.05) is 212 Å². The molecule has 0 spiro atoms. The van der Waals surface area contributed by atoms with Gasteiger partial charge in [-0.05, 0) is 88.6 Å². The van der Waals surface area contributed by atoms with Crippen molar-refractivity contribution in [1.29, 1.82) is 0 Å². The Bertz CT molecular complexity index is 3820. The van der Waals surface area contributed by atoms with Crippen molar-refractivity contribution in [2.75, 3.05) is 0 Å². The number of benzene rings is 11. The lowest BCUT2D eigenvalue weighted by molar-refractivity contribution is 1.08. The van der Waals surface area contributed by atoms with Crippen LogP contribution in [0.25, 0.3) is 131 Å². The maximum Gasteiger partial charge on any atom is 0.165 e. The molecule has 2 heterocycles. The summed E-state index contributed by atoms with van der Waals surface area (Å²) in [7, 11) is 0. The summed E-state index contributed by atoms with van der Waals surface area (Å²) in [6.45, 7) is 0. The third-order valence-electron chi connectivity index (χ3n) is 12.9. The van der Waals surface area contributed by atoms with E-state index >= 15 is 0 Å². The minimum Gasteiger partial charge on any atom is -0.208 e. The van der Waals surface area contributed by atoms with Gasteiger partial charge >= 0.3 is 0 Å². The first-order chi connectivity index (χ1) is 32.3. The van der Waals surface area contributed by atoms with E-state index < -0.39 is 0 Å². The molecule has 0 saturated heterocycles. The lowest BCUT2D eigenvalue weighted by Gasteiger charge is -2.18. The molecule has 11 aromatic carbocycles. The Morgan fingerprint density at radius 3 is 1.14 bits per heavy atom. The molecule has 13 aromatic rings. The Labute approximate surface area is 379 Å². The molecule has 0 amide bonds. The zero-order chi connectivity index (χ0) is 42.8. The molecule has 3 nitrogen and oxygen atoms in total. The van der Waals surface area contributed by atoms with E-state index in [9.17, 15) is 0 Å². The summed E-state index contributed by atoms with van der Waals surface area (Å²) < 4.78 is 2.53. The van der Waals surface area contributed by atoms with Gasteiger partial charge in [-0.15, -0.1) is 11.3 Å². The van der Waals surface area contributed by atoms with Gasteiger partial charge in [-0.2, -0.15) is 0 Å². The van der Waals surface area contributed by atoms with Crippen LogP contribution < -0.4 is 0 Å². The van der Waals surface area contributed by atoms with Crippen molar-refractivity contribution in [3.05, 3.63) is 224 Å². The molecule has 4 heteroatoms. The molecule has 13 rings (SSSR count). The van der Waals surface area contributed by atoms with Gasteiger partial charge in [0.15, 0.2) is 17.5 Å². The van der Waals surface area contributed by atoms with Crippen molar-refractivity contribution < 1.29 is 0 Å². The van der Waals surface area contributed by atoms with Crippen molar-refractivity contribution >= 4 is 74.6 Å².